The Morgan fingerprint density at radius 2 is 2.00 bits per heavy atom. The van der Waals surface area contributed by atoms with Crippen molar-refractivity contribution in [3.8, 4) is 5.75 Å². The van der Waals surface area contributed by atoms with Crippen molar-refractivity contribution in [2.45, 2.75) is 37.9 Å². The maximum Gasteiger partial charge on any atom is 0.225 e. The normalized spacial score (nSPS) is 25.3. The third-order valence-corrected chi connectivity index (χ3v) is 5.96. The molecule has 1 aromatic carbocycles. The van der Waals surface area contributed by atoms with Crippen molar-refractivity contribution in [2.75, 3.05) is 31.2 Å². The lowest BCUT2D eigenvalue weighted by molar-refractivity contribution is 0.122. The molecule has 2 atom stereocenters. The lowest BCUT2D eigenvalue weighted by Crippen LogP contribution is -2.40. The molecule has 4 heterocycles. The third kappa shape index (κ3) is 2.73. The van der Waals surface area contributed by atoms with E-state index in [0.717, 1.165) is 57.2 Å². The topological polar surface area (TPSA) is 61.7 Å². The molecule has 0 spiro atoms. The molecule has 0 radical (unpaired) electrons. The highest BCUT2D eigenvalue weighted by molar-refractivity contribution is 5.38. The van der Waals surface area contributed by atoms with Crippen LogP contribution in [0.5, 0.6) is 5.75 Å². The van der Waals surface area contributed by atoms with Crippen LogP contribution in [-0.4, -0.2) is 52.3 Å². The number of rotatable bonds is 3. The fourth-order valence-corrected chi connectivity index (χ4v) is 4.57. The molecule has 1 aromatic heterocycles. The molecular weight excluding hydrogens is 328 g/mol. The zero-order chi connectivity index (χ0) is 17.5. The van der Waals surface area contributed by atoms with Gasteiger partial charge in [-0.15, -0.1) is 0 Å². The van der Waals surface area contributed by atoms with Gasteiger partial charge in [-0.05, 0) is 18.9 Å². The number of aromatic hydroxyl groups is 1. The Morgan fingerprint density at radius 1 is 1.15 bits per heavy atom. The van der Waals surface area contributed by atoms with Gasteiger partial charge in [0, 0.05) is 55.5 Å². The summed E-state index contributed by atoms with van der Waals surface area (Å²) in [5, 5.41) is 10.1. The van der Waals surface area contributed by atoms with Crippen molar-refractivity contribution in [3.63, 3.8) is 0 Å². The summed E-state index contributed by atoms with van der Waals surface area (Å²) >= 11 is 0. The van der Waals surface area contributed by atoms with E-state index in [-0.39, 0.29) is 0 Å². The average Bonchev–Trinajstić information content (AvgIpc) is 2.96. The number of hydrogen-bond donors (Lipinski definition) is 1. The molecule has 1 N–H and O–H groups in total. The van der Waals surface area contributed by atoms with E-state index >= 15 is 0 Å². The van der Waals surface area contributed by atoms with Gasteiger partial charge >= 0.3 is 0 Å². The highest BCUT2D eigenvalue weighted by Gasteiger charge is 2.41. The van der Waals surface area contributed by atoms with E-state index in [0.29, 0.717) is 17.8 Å². The van der Waals surface area contributed by atoms with Crippen LogP contribution in [0.15, 0.2) is 30.5 Å². The molecule has 2 aromatic rings. The average molecular weight is 352 g/mol. The zero-order valence-corrected chi connectivity index (χ0v) is 14.8. The summed E-state index contributed by atoms with van der Waals surface area (Å²) in [6, 6.07) is 8.52. The van der Waals surface area contributed by atoms with Gasteiger partial charge in [0.25, 0.3) is 0 Å². The molecular formula is C20H24N4O2. The summed E-state index contributed by atoms with van der Waals surface area (Å²) in [5.41, 5.74) is 3.48. The van der Waals surface area contributed by atoms with Crippen LogP contribution in [0.3, 0.4) is 0 Å². The van der Waals surface area contributed by atoms with E-state index < -0.39 is 0 Å². The van der Waals surface area contributed by atoms with Crippen LogP contribution in [0.4, 0.5) is 5.95 Å². The fraction of sp³-hybridized carbons (Fsp3) is 0.500. The quantitative estimate of drug-likeness (QED) is 0.914. The SMILES string of the molecule is Oc1ccccc1CN1[C@@H]2CC[C@@H]1c1cnc(N3CCOCC3)nc1C2. The van der Waals surface area contributed by atoms with E-state index in [1.807, 2.05) is 24.4 Å². The van der Waals surface area contributed by atoms with Crippen molar-refractivity contribution < 1.29 is 9.84 Å². The molecule has 2 bridgehead atoms. The molecule has 0 aliphatic carbocycles. The first-order valence-electron chi connectivity index (χ1n) is 9.51. The zero-order valence-electron chi connectivity index (χ0n) is 14.8. The van der Waals surface area contributed by atoms with Gasteiger partial charge in [-0.1, -0.05) is 18.2 Å². The Hall–Kier alpha value is -2.18. The molecule has 3 aliphatic rings. The monoisotopic (exact) mass is 352 g/mol. The van der Waals surface area contributed by atoms with Crippen LogP contribution >= 0.6 is 0 Å². The highest BCUT2D eigenvalue weighted by Crippen LogP contribution is 2.44. The van der Waals surface area contributed by atoms with Crippen molar-refractivity contribution >= 4 is 5.95 Å². The van der Waals surface area contributed by atoms with E-state index in [2.05, 4.69) is 14.8 Å². The molecule has 2 fully saturated rings. The predicted octanol–water partition coefficient (Wildman–Crippen LogP) is 2.28. The second-order valence-corrected chi connectivity index (χ2v) is 7.42. The molecule has 0 unspecified atom stereocenters. The second-order valence-electron chi connectivity index (χ2n) is 7.42. The second kappa shape index (κ2) is 6.52. The summed E-state index contributed by atoms with van der Waals surface area (Å²) < 4.78 is 5.43. The number of fused-ring (bicyclic) bond motifs is 4. The standard InChI is InChI=1S/C20H24N4O2/c25-19-4-2-1-3-14(19)13-24-15-5-6-18(24)16-12-21-20(22-17(16)11-15)23-7-9-26-10-8-23/h1-4,12,15,18,25H,5-11,13H2/t15-,18-/m1/s1. The number of nitrogens with zero attached hydrogens (tertiary/aromatic N) is 4. The van der Waals surface area contributed by atoms with Crippen LogP contribution in [0.2, 0.25) is 0 Å². The Balaban J connectivity index is 1.41. The molecule has 0 saturated carbocycles. The largest absolute Gasteiger partial charge is 0.508 e. The van der Waals surface area contributed by atoms with Crippen molar-refractivity contribution in [2.24, 2.45) is 0 Å². The number of morpholine rings is 1. The van der Waals surface area contributed by atoms with E-state index in [1.54, 1.807) is 6.07 Å². The van der Waals surface area contributed by atoms with Gasteiger partial charge in [0.1, 0.15) is 5.75 Å². The maximum atomic E-state index is 10.1. The van der Waals surface area contributed by atoms with Gasteiger partial charge in [-0.3, -0.25) is 4.90 Å². The minimum absolute atomic E-state index is 0.363. The Bertz CT molecular complexity index is 806. The maximum absolute atomic E-state index is 10.1. The molecule has 2 saturated heterocycles. The van der Waals surface area contributed by atoms with Crippen molar-refractivity contribution in [3.05, 3.63) is 47.3 Å². The Kier molecular flexibility index (Phi) is 4.02. The fourth-order valence-electron chi connectivity index (χ4n) is 4.57. The smallest absolute Gasteiger partial charge is 0.225 e. The van der Waals surface area contributed by atoms with Gasteiger partial charge in [0.2, 0.25) is 5.95 Å². The van der Waals surface area contributed by atoms with Crippen LogP contribution < -0.4 is 4.90 Å². The number of phenols is 1. The number of phenolic OH excluding ortho intramolecular Hbond substituents is 1. The van der Waals surface area contributed by atoms with E-state index in [9.17, 15) is 5.11 Å². The summed E-state index contributed by atoms with van der Waals surface area (Å²) in [5.74, 6) is 1.23. The predicted molar refractivity (Wildman–Crippen MR) is 98.2 cm³/mol. The van der Waals surface area contributed by atoms with Gasteiger partial charge in [-0.25, -0.2) is 9.97 Å². The Labute approximate surface area is 153 Å². The van der Waals surface area contributed by atoms with Crippen LogP contribution in [0, 0.1) is 0 Å². The first-order chi connectivity index (χ1) is 12.8. The third-order valence-electron chi connectivity index (χ3n) is 5.96. The summed E-state index contributed by atoms with van der Waals surface area (Å²) in [7, 11) is 0. The van der Waals surface area contributed by atoms with Gasteiger partial charge < -0.3 is 14.7 Å². The summed E-state index contributed by atoms with van der Waals surface area (Å²) in [4.78, 5) is 14.3. The molecule has 3 aliphatic heterocycles. The van der Waals surface area contributed by atoms with Crippen LogP contribution in [0.25, 0.3) is 0 Å². The van der Waals surface area contributed by atoms with Crippen LogP contribution in [-0.2, 0) is 17.7 Å². The van der Waals surface area contributed by atoms with Gasteiger partial charge in [0.15, 0.2) is 0 Å². The number of aromatic nitrogens is 2. The molecule has 6 heteroatoms. The van der Waals surface area contributed by atoms with Gasteiger partial charge in [0.05, 0.1) is 18.9 Å². The summed E-state index contributed by atoms with van der Waals surface area (Å²) in [6.45, 7) is 4.02. The lowest BCUT2D eigenvalue weighted by atomic mass is 9.98. The molecule has 0 amide bonds. The molecule has 26 heavy (non-hydrogen) atoms. The highest BCUT2D eigenvalue weighted by atomic mass is 16.5. The molecule has 6 nitrogen and oxygen atoms in total. The first-order valence-corrected chi connectivity index (χ1v) is 9.51. The number of para-hydroxylation sites is 1. The minimum atomic E-state index is 0.363. The van der Waals surface area contributed by atoms with Crippen LogP contribution in [0.1, 0.15) is 35.7 Å². The molecule has 136 valence electrons. The van der Waals surface area contributed by atoms with E-state index in [1.165, 1.54) is 17.7 Å². The Morgan fingerprint density at radius 3 is 2.85 bits per heavy atom. The van der Waals surface area contributed by atoms with E-state index in [4.69, 9.17) is 9.72 Å². The lowest BCUT2D eigenvalue weighted by Gasteiger charge is -2.36. The molecule has 5 rings (SSSR count). The van der Waals surface area contributed by atoms with Crippen molar-refractivity contribution in [1.82, 2.24) is 14.9 Å². The summed E-state index contributed by atoms with van der Waals surface area (Å²) in [6.07, 6.45) is 5.34. The van der Waals surface area contributed by atoms with Crippen molar-refractivity contribution in [1.29, 1.82) is 0 Å². The number of hydrogen-bond acceptors (Lipinski definition) is 6. The van der Waals surface area contributed by atoms with Gasteiger partial charge in [-0.2, -0.15) is 0 Å². The number of anilines is 1. The number of benzene rings is 1. The number of ether oxygens (including phenoxy) is 1. The first kappa shape index (κ1) is 16.0. The minimum Gasteiger partial charge on any atom is -0.508 e.